The molecule has 0 aliphatic carbocycles. The molecule has 0 bridgehead atoms. The van der Waals surface area contributed by atoms with E-state index in [1.807, 2.05) is 25.3 Å². The maximum absolute atomic E-state index is 13.3. The monoisotopic (exact) mass is 449 g/mol. The first kappa shape index (κ1) is 19.3. The summed E-state index contributed by atoms with van der Waals surface area (Å²) < 4.78 is 17.5. The molecule has 0 N–H and O–H groups in total. The molecule has 2 aromatic carbocycles. The van der Waals surface area contributed by atoms with Crippen LogP contribution in [0.1, 0.15) is 5.56 Å². The first-order valence-corrected chi connectivity index (χ1v) is 11.0. The number of nitrogens with zero attached hydrogens (tertiary/aromatic N) is 3. The van der Waals surface area contributed by atoms with Gasteiger partial charge in [0.25, 0.3) is 5.56 Å². The summed E-state index contributed by atoms with van der Waals surface area (Å²) in [5.41, 5.74) is 2.53. The number of hydrogen-bond acceptors (Lipinski definition) is 5. The van der Waals surface area contributed by atoms with Crippen LogP contribution in [0.3, 0.4) is 0 Å². The van der Waals surface area contributed by atoms with Crippen molar-refractivity contribution < 1.29 is 4.39 Å². The molecule has 0 radical (unpaired) electrons. The van der Waals surface area contributed by atoms with Crippen LogP contribution in [-0.2, 0) is 0 Å². The van der Waals surface area contributed by atoms with E-state index in [1.54, 1.807) is 22.8 Å². The zero-order valence-corrected chi connectivity index (χ0v) is 18.0. The molecule has 0 unspecified atom stereocenters. The molecule has 0 fully saturated rings. The van der Waals surface area contributed by atoms with Gasteiger partial charge in [0.15, 0.2) is 14.8 Å². The Kier molecular flexibility index (Phi) is 5.13. The van der Waals surface area contributed by atoms with Gasteiger partial charge in [-0.05, 0) is 73.4 Å². The van der Waals surface area contributed by atoms with E-state index in [0.29, 0.717) is 30.2 Å². The molecule has 0 atom stereocenters. The number of aryl methyl sites for hydroxylation is 1. The molecule has 9 heteroatoms. The zero-order valence-electron chi connectivity index (χ0n) is 14.8. The fourth-order valence-electron chi connectivity index (χ4n) is 2.89. The minimum Gasteiger partial charge on any atom is -0.275 e. The second kappa shape index (κ2) is 7.44. The predicted molar refractivity (Wildman–Crippen MR) is 117 cm³/mol. The number of benzene rings is 2. The Morgan fingerprint density at radius 2 is 1.82 bits per heavy atom. The van der Waals surface area contributed by atoms with Crippen LogP contribution >= 0.6 is 46.9 Å². The Morgan fingerprint density at radius 1 is 1.14 bits per heavy atom. The molecular weight excluding hydrogens is 437 g/mol. The van der Waals surface area contributed by atoms with Crippen molar-refractivity contribution in [3.05, 3.63) is 73.2 Å². The maximum Gasteiger partial charge on any atom is 0.278 e. The van der Waals surface area contributed by atoms with Crippen molar-refractivity contribution in [3.63, 3.8) is 0 Å². The third-order valence-electron chi connectivity index (χ3n) is 4.24. The molecule has 2 heterocycles. The Hall–Kier alpha value is -2.00. The molecule has 0 aliphatic rings. The summed E-state index contributed by atoms with van der Waals surface area (Å²) in [7, 11) is 0. The normalized spacial score (nSPS) is 11.3. The first-order chi connectivity index (χ1) is 13.4. The Labute approximate surface area is 178 Å². The molecule has 2 aromatic heterocycles. The van der Waals surface area contributed by atoms with Crippen molar-refractivity contribution in [1.82, 2.24) is 14.1 Å². The van der Waals surface area contributed by atoms with Crippen LogP contribution in [0, 0.1) is 16.7 Å². The van der Waals surface area contributed by atoms with Crippen LogP contribution in [0.15, 0.2) is 52.4 Å². The summed E-state index contributed by atoms with van der Waals surface area (Å²) in [4.78, 5) is 18.0. The van der Waals surface area contributed by atoms with Crippen molar-refractivity contribution in [2.24, 2.45) is 0 Å². The Balaban J connectivity index is 2.04. The lowest BCUT2D eigenvalue weighted by atomic mass is 10.2. The van der Waals surface area contributed by atoms with E-state index in [4.69, 9.17) is 28.8 Å². The summed E-state index contributed by atoms with van der Waals surface area (Å²) in [6, 6.07) is 11.3. The summed E-state index contributed by atoms with van der Waals surface area (Å²) in [6.45, 7) is 1.91. The largest absolute Gasteiger partial charge is 0.278 e. The van der Waals surface area contributed by atoms with Crippen molar-refractivity contribution in [2.75, 3.05) is 6.26 Å². The molecule has 142 valence electrons. The standard InChI is InChI=1S/C19H13ClFN3OS3/c1-10-9-13(7-8-14(10)20)23-16-15(28-19(23)26)17(25)24(18(22-16)27-2)12-5-3-11(21)4-6-12/h3-9H,1-2H3. The van der Waals surface area contributed by atoms with Gasteiger partial charge in [0.1, 0.15) is 10.5 Å². The van der Waals surface area contributed by atoms with Gasteiger partial charge in [0.2, 0.25) is 0 Å². The van der Waals surface area contributed by atoms with Crippen molar-refractivity contribution in [1.29, 1.82) is 0 Å². The molecule has 28 heavy (non-hydrogen) atoms. The highest BCUT2D eigenvalue weighted by atomic mass is 35.5. The van der Waals surface area contributed by atoms with Gasteiger partial charge in [-0.2, -0.15) is 0 Å². The van der Waals surface area contributed by atoms with Gasteiger partial charge < -0.3 is 0 Å². The van der Waals surface area contributed by atoms with E-state index in [-0.39, 0.29) is 11.4 Å². The van der Waals surface area contributed by atoms with Gasteiger partial charge in [-0.15, -0.1) is 0 Å². The molecule has 0 aliphatic heterocycles. The number of rotatable bonds is 3. The topological polar surface area (TPSA) is 39.8 Å². The molecule has 0 amide bonds. The third kappa shape index (κ3) is 3.20. The average molecular weight is 450 g/mol. The van der Waals surface area contributed by atoms with E-state index in [2.05, 4.69) is 0 Å². The maximum atomic E-state index is 13.3. The number of aromatic nitrogens is 3. The number of halogens is 2. The van der Waals surface area contributed by atoms with Crippen LogP contribution in [0.2, 0.25) is 5.02 Å². The fraction of sp³-hybridized carbons (Fsp3) is 0.105. The first-order valence-electron chi connectivity index (χ1n) is 8.16. The summed E-state index contributed by atoms with van der Waals surface area (Å²) in [5.74, 6) is -0.364. The van der Waals surface area contributed by atoms with Crippen LogP contribution in [-0.4, -0.2) is 20.4 Å². The van der Waals surface area contributed by atoms with Gasteiger partial charge in [0.05, 0.1) is 5.69 Å². The molecule has 4 aromatic rings. The highest BCUT2D eigenvalue weighted by Crippen LogP contribution is 2.28. The van der Waals surface area contributed by atoms with Crippen LogP contribution in [0.4, 0.5) is 4.39 Å². The third-order valence-corrected chi connectivity index (χ3v) is 6.66. The lowest BCUT2D eigenvalue weighted by Gasteiger charge is -2.12. The van der Waals surface area contributed by atoms with Crippen molar-refractivity contribution >= 4 is 57.3 Å². The lowest BCUT2D eigenvalue weighted by molar-refractivity contribution is 0.627. The SMILES string of the molecule is CSc1nc2c(sc(=S)n2-c2ccc(Cl)c(C)c2)c(=O)n1-c1ccc(F)cc1. The smallest absolute Gasteiger partial charge is 0.275 e. The van der Waals surface area contributed by atoms with E-state index in [0.717, 1.165) is 11.3 Å². The van der Waals surface area contributed by atoms with Crippen LogP contribution < -0.4 is 5.56 Å². The highest BCUT2D eigenvalue weighted by Gasteiger charge is 2.18. The van der Waals surface area contributed by atoms with Gasteiger partial charge in [-0.3, -0.25) is 13.9 Å². The zero-order chi connectivity index (χ0) is 20.0. The molecule has 4 rings (SSSR count). The van der Waals surface area contributed by atoms with E-state index < -0.39 is 0 Å². The minimum atomic E-state index is -0.364. The van der Waals surface area contributed by atoms with Gasteiger partial charge in [-0.1, -0.05) is 34.7 Å². The Morgan fingerprint density at radius 3 is 2.46 bits per heavy atom. The van der Waals surface area contributed by atoms with Crippen LogP contribution in [0.5, 0.6) is 0 Å². The molecule has 4 nitrogen and oxygen atoms in total. The van der Waals surface area contributed by atoms with Crippen molar-refractivity contribution in [3.8, 4) is 11.4 Å². The Bertz CT molecular complexity index is 1330. The minimum absolute atomic E-state index is 0.235. The van der Waals surface area contributed by atoms with Crippen molar-refractivity contribution in [2.45, 2.75) is 12.1 Å². The summed E-state index contributed by atoms with van der Waals surface area (Å²) in [6.07, 6.45) is 1.84. The molecule has 0 saturated heterocycles. The molecule has 0 saturated carbocycles. The fourth-order valence-corrected chi connectivity index (χ4v) is 4.86. The highest BCUT2D eigenvalue weighted by molar-refractivity contribution is 7.98. The van der Waals surface area contributed by atoms with E-state index >= 15 is 0 Å². The van der Waals surface area contributed by atoms with Gasteiger partial charge >= 0.3 is 0 Å². The summed E-state index contributed by atoms with van der Waals surface area (Å²) in [5, 5.41) is 1.16. The number of thioether (sulfide) groups is 1. The quantitative estimate of drug-likeness (QED) is 0.225. The molecule has 0 spiro atoms. The lowest BCUT2D eigenvalue weighted by Crippen LogP contribution is -2.21. The second-order valence-corrected chi connectivity index (χ2v) is 8.83. The number of fused-ring (bicyclic) bond motifs is 1. The van der Waals surface area contributed by atoms with Gasteiger partial charge in [-0.25, -0.2) is 9.37 Å². The van der Waals surface area contributed by atoms with E-state index in [9.17, 15) is 9.18 Å². The number of hydrogen-bond donors (Lipinski definition) is 0. The van der Waals surface area contributed by atoms with E-state index in [1.165, 1.54) is 39.8 Å². The summed E-state index contributed by atoms with van der Waals surface area (Å²) >= 11 is 14.2. The van der Waals surface area contributed by atoms with Crippen LogP contribution in [0.25, 0.3) is 21.7 Å². The second-order valence-electron chi connectivity index (χ2n) is 6.01. The average Bonchev–Trinajstić information content (AvgIpc) is 3.01. The molecular formula is C19H13ClFN3OS3. The predicted octanol–water partition coefficient (Wildman–Crippen LogP) is 5.79. The van der Waals surface area contributed by atoms with Gasteiger partial charge in [0, 0.05) is 10.7 Å². The number of thiazole rings is 1.